The van der Waals surface area contributed by atoms with Crippen molar-refractivity contribution >= 4 is 40.8 Å². The summed E-state index contributed by atoms with van der Waals surface area (Å²) in [6.45, 7) is 6.01. The van der Waals surface area contributed by atoms with Gasteiger partial charge in [-0.15, -0.1) is 24.0 Å². The number of nitrogens with one attached hydrogen (secondary N) is 2. The summed E-state index contributed by atoms with van der Waals surface area (Å²) in [5, 5.41) is 8.99. The quantitative estimate of drug-likeness (QED) is 0.316. The number of fused-ring (bicyclic) bond motifs is 1. The molecule has 156 valence electrons. The number of hydrogen-bond acceptors (Lipinski definition) is 3. The maximum atomic E-state index is 5.97. The molecule has 7 nitrogen and oxygen atoms in total. The predicted molar refractivity (Wildman–Crippen MR) is 127 cm³/mol. The van der Waals surface area contributed by atoms with Crippen LogP contribution in [0.4, 0.5) is 0 Å². The minimum atomic E-state index is 0. The van der Waals surface area contributed by atoms with Gasteiger partial charge in [0.25, 0.3) is 0 Å². The zero-order valence-corrected chi connectivity index (χ0v) is 19.3. The highest BCUT2D eigenvalue weighted by atomic mass is 127. The molecule has 2 aromatic heterocycles. The van der Waals surface area contributed by atoms with Crippen LogP contribution in [0.2, 0.25) is 0 Å². The second kappa shape index (κ2) is 10.1. The number of aryl methyl sites for hydroxylation is 1. The van der Waals surface area contributed by atoms with Crippen LogP contribution in [0.25, 0.3) is 10.9 Å². The summed E-state index contributed by atoms with van der Waals surface area (Å²) in [5.41, 5.74) is 3.60. The number of para-hydroxylation sites is 1. The lowest BCUT2D eigenvalue weighted by Gasteiger charge is -2.34. The Labute approximate surface area is 188 Å². The monoisotopic (exact) mass is 508 g/mol. The first-order valence-corrected chi connectivity index (χ1v) is 9.93. The Balaban J connectivity index is 0.00000240. The van der Waals surface area contributed by atoms with E-state index in [2.05, 4.69) is 57.7 Å². The van der Waals surface area contributed by atoms with E-state index in [9.17, 15) is 0 Å². The molecule has 1 aromatic carbocycles. The zero-order chi connectivity index (χ0) is 19.3. The number of ether oxygens (including phenoxy) is 1. The van der Waals surface area contributed by atoms with Crippen molar-refractivity contribution in [3.8, 4) is 0 Å². The summed E-state index contributed by atoms with van der Waals surface area (Å²) < 4.78 is 7.78. The second-order valence-electron chi connectivity index (χ2n) is 7.10. The van der Waals surface area contributed by atoms with Crippen LogP contribution >= 0.6 is 24.0 Å². The van der Waals surface area contributed by atoms with Gasteiger partial charge in [0.2, 0.25) is 0 Å². The van der Waals surface area contributed by atoms with E-state index in [0.29, 0.717) is 6.61 Å². The van der Waals surface area contributed by atoms with Gasteiger partial charge in [0.1, 0.15) is 6.10 Å². The molecule has 1 unspecified atom stereocenters. The predicted octanol–water partition coefficient (Wildman–Crippen LogP) is 3.10. The van der Waals surface area contributed by atoms with Gasteiger partial charge >= 0.3 is 0 Å². The fourth-order valence-electron chi connectivity index (χ4n) is 3.70. The van der Waals surface area contributed by atoms with E-state index in [1.807, 2.05) is 24.1 Å². The van der Waals surface area contributed by atoms with Crippen LogP contribution in [-0.4, -0.2) is 58.4 Å². The fraction of sp³-hybridized carbons (Fsp3) is 0.429. The molecule has 1 fully saturated rings. The smallest absolute Gasteiger partial charge is 0.194 e. The largest absolute Gasteiger partial charge is 0.370 e. The number of hydrogen-bond donors (Lipinski definition) is 2. The van der Waals surface area contributed by atoms with Gasteiger partial charge in [-0.25, -0.2) is 0 Å². The maximum Gasteiger partial charge on any atom is 0.194 e. The molecule has 8 heteroatoms. The van der Waals surface area contributed by atoms with Crippen LogP contribution in [-0.2, 0) is 18.2 Å². The van der Waals surface area contributed by atoms with Crippen molar-refractivity contribution in [2.45, 2.75) is 19.4 Å². The van der Waals surface area contributed by atoms with Gasteiger partial charge < -0.3 is 19.9 Å². The molecule has 0 amide bonds. The summed E-state index contributed by atoms with van der Waals surface area (Å²) in [4.78, 5) is 10.5. The number of benzene rings is 1. The van der Waals surface area contributed by atoms with Crippen molar-refractivity contribution in [2.75, 3.05) is 32.8 Å². The van der Waals surface area contributed by atoms with E-state index in [1.165, 1.54) is 16.5 Å². The zero-order valence-electron chi connectivity index (χ0n) is 17.0. The van der Waals surface area contributed by atoms with Crippen LogP contribution in [0.5, 0.6) is 0 Å². The molecule has 0 saturated carbocycles. The van der Waals surface area contributed by atoms with Gasteiger partial charge in [-0.2, -0.15) is 5.10 Å². The Morgan fingerprint density at radius 3 is 3.03 bits per heavy atom. The molecule has 4 rings (SSSR count). The Morgan fingerprint density at radius 1 is 1.38 bits per heavy atom. The molecular weight excluding hydrogens is 479 g/mol. The first-order chi connectivity index (χ1) is 13.7. The Bertz CT molecular complexity index is 949. The molecule has 1 aliphatic heterocycles. The minimum Gasteiger partial charge on any atom is -0.370 e. The first kappa shape index (κ1) is 21.6. The first-order valence-electron chi connectivity index (χ1n) is 9.93. The van der Waals surface area contributed by atoms with Gasteiger partial charge in [-0.3, -0.25) is 9.67 Å². The molecule has 2 N–H and O–H groups in total. The normalized spacial score (nSPS) is 17.4. The fourth-order valence-corrected chi connectivity index (χ4v) is 3.70. The second-order valence-corrected chi connectivity index (χ2v) is 7.10. The van der Waals surface area contributed by atoms with Crippen molar-refractivity contribution in [3.63, 3.8) is 0 Å². The molecule has 0 aliphatic carbocycles. The van der Waals surface area contributed by atoms with Crippen molar-refractivity contribution in [1.29, 1.82) is 0 Å². The number of morpholine rings is 1. The van der Waals surface area contributed by atoms with Gasteiger partial charge in [0, 0.05) is 55.5 Å². The minimum absolute atomic E-state index is 0. The van der Waals surface area contributed by atoms with E-state index in [0.717, 1.165) is 44.1 Å². The molecule has 1 saturated heterocycles. The van der Waals surface area contributed by atoms with E-state index in [4.69, 9.17) is 9.73 Å². The van der Waals surface area contributed by atoms with Gasteiger partial charge in [-0.05, 0) is 25.0 Å². The number of nitrogens with zero attached hydrogens (tertiary/aromatic N) is 4. The van der Waals surface area contributed by atoms with E-state index in [1.54, 1.807) is 0 Å². The average molecular weight is 508 g/mol. The summed E-state index contributed by atoms with van der Waals surface area (Å²) in [6.07, 6.45) is 6.94. The molecule has 3 aromatic rings. The molecule has 0 radical (unpaired) electrons. The Kier molecular flexibility index (Phi) is 7.54. The van der Waals surface area contributed by atoms with Crippen LogP contribution < -0.4 is 5.32 Å². The van der Waals surface area contributed by atoms with Crippen LogP contribution in [0.15, 0.2) is 47.8 Å². The highest BCUT2D eigenvalue weighted by Crippen LogP contribution is 2.22. The van der Waals surface area contributed by atoms with E-state index in [-0.39, 0.29) is 30.1 Å². The van der Waals surface area contributed by atoms with Crippen molar-refractivity contribution < 1.29 is 4.74 Å². The highest BCUT2D eigenvalue weighted by molar-refractivity contribution is 14.0. The third-order valence-electron chi connectivity index (χ3n) is 5.12. The summed E-state index contributed by atoms with van der Waals surface area (Å²) in [5.74, 6) is 0.958. The van der Waals surface area contributed by atoms with Crippen LogP contribution in [0.1, 0.15) is 24.2 Å². The van der Waals surface area contributed by atoms with Gasteiger partial charge in [0.15, 0.2) is 5.96 Å². The molecule has 0 bridgehead atoms. The van der Waals surface area contributed by atoms with Gasteiger partial charge in [0.05, 0.1) is 19.3 Å². The number of guanidine groups is 1. The lowest BCUT2D eigenvalue weighted by molar-refractivity contribution is -0.00803. The van der Waals surface area contributed by atoms with Crippen molar-refractivity contribution in [3.05, 3.63) is 54.0 Å². The molecular formula is C21H29IN6O. The molecule has 1 aliphatic rings. The maximum absolute atomic E-state index is 5.97. The van der Waals surface area contributed by atoms with Crippen molar-refractivity contribution in [1.82, 2.24) is 25.0 Å². The highest BCUT2D eigenvalue weighted by Gasteiger charge is 2.25. The molecule has 3 heterocycles. The molecule has 29 heavy (non-hydrogen) atoms. The van der Waals surface area contributed by atoms with Crippen molar-refractivity contribution in [2.24, 2.45) is 12.0 Å². The number of halogens is 1. The molecule has 1 atom stereocenters. The van der Waals surface area contributed by atoms with E-state index < -0.39 is 0 Å². The topological polar surface area (TPSA) is 70.5 Å². The Hall–Kier alpha value is -2.07. The summed E-state index contributed by atoms with van der Waals surface area (Å²) in [7, 11) is 1.93. The number of aromatic amines is 1. The lowest BCUT2D eigenvalue weighted by Crippen LogP contribution is -2.48. The number of aromatic nitrogens is 3. The molecule has 0 spiro atoms. The lowest BCUT2D eigenvalue weighted by atomic mass is 10.1. The number of rotatable bonds is 5. The van der Waals surface area contributed by atoms with Gasteiger partial charge in [-0.1, -0.05) is 18.2 Å². The third kappa shape index (κ3) is 5.11. The standard InChI is InChI=1S/C21H28N6O.HI/c1-3-22-21(23-9-8-16-12-24-19-7-5-4-6-18(16)19)27-10-11-28-20(15-27)17-13-25-26(2)14-17;/h4-7,12-14,20,24H,3,8-11,15H2,1-2H3,(H,22,23);1H. The number of H-pyrrole nitrogens is 1. The third-order valence-corrected chi connectivity index (χ3v) is 5.12. The number of aliphatic imine (C=N–C) groups is 1. The van der Waals surface area contributed by atoms with E-state index >= 15 is 0 Å². The van der Waals surface area contributed by atoms with Crippen LogP contribution in [0, 0.1) is 0 Å². The van der Waals surface area contributed by atoms with Crippen LogP contribution in [0.3, 0.4) is 0 Å². The Morgan fingerprint density at radius 2 is 2.24 bits per heavy atom. The average Bonchev–Trinajstić information content (AvgIpc) is 3.34. The SMILES string of the molecule is CCNC(=NCCc1c[nH]c2ccccc12)N1CCOC(c2cnn(C)c2)C1.I. The summed E-state index contributed by atoms with van der Waals surface area (Å²) >= 11 is 0. The summed E-state index contributed by atoms with van der Waals surface area (Å²) in [6, 6.07) is 8.41.